The van der Waals surface area contributed by atoms with Gasteiger partial charge in [0.05, 0.1) is 10.0 Å². The predicted octanol–water partition coefficient (Wildman–Crippen LogP) is 6.69. The first-order chi connectivity index (χ1) is 13.5. The van der Waals surface area contributed by atoms with Crippen LogP contribution in [0.15, 0.2) is 91.5 Å². The number of hydrogen-bond donors (Lipinski definition) is 0. The number of carbonyl (C=O) groups excluding carboxylic acids is 1. The third kappa shape index (κ3) is 3.64. The van der Waals surface area contributed by atoms with E-state index in [1.54, 1.807) is 37.5 Å². The van der Waals surface area contributed by atoms with E-state index in [4.69, 9.17) is 27.9 Å². The Balaban J connectivity index is 2.26. The molecule has 3 aromatic rings. The maximum Gasteiger partial charge on any atom is 0.200 e. The van der Waals surface area contributed by atoms with Crippen LogP contribution in [-0.2, 0) is 10.3 Å². The molecule has 142 valence electrons. The van der Waals surface area contributed by atoms with Crippen LogP contribution in [0.5, 0.6) is 0 Å². The first-order valence-corrected chi connectivity index (χ1v) is 9.58. The second kappa shape index (κ2) is 8.74. The summed E-state index contributed by atoms with van der Waals surface area (Å²) < 4.78 is 6.02. The van der Waals surface area contributed by atoms with Gasteiger partial charge in [0.2, 0.25) is 0 Å². The molecule has 0 aromatic heterocycles. The minimum absolute atomic E-state index is 0.155. The fourth-order valence-electron chi connectivity index (χ4n) is 3.52. The molecule has 0 N–H and O–H groups in total. The Kier molecular flexibility index (Phi) is 6.35. The van der Waals surface area contributed by atoms with E-state index in [0.29, 0.717) is 15.6 Å². The van der Waals surface area contributed by atoms with Gasteiger partial charge >= 0.3 is 0 Å². The Morgan fingerprint density at radius 3 is 2.11 bits per heavy atom. The zero-order chi connectivity index (χ0) is 20.1. The smallest absolute Gasteiger partial charge is 0.200 e. The van der Waals surface area contributed by atoms with Crippen LogP contribution in [0.3, 0.4) is 0 Å². The van der Waals surface area contributed by atoms with Crippen molar-refractivity contribution in [2.24, 2.45) is 0 Å². The molecule has 2 nitrogen and oxygen atoms in total. The van der Waals surface area contributed by atoms with Crippen LogP contribution in [0.2, 0.25) is 10.0 Å². The standard InChI is InChI=1S/C24H20Cl2O2/c1-3-20(18-14-15-21(25)22(26)16-18)24(28-2,19-12-8-5-9-13-19)23(27)17-10-6-4-7-11-17/h3-16,20H,1H2,2H3/t20-,24-/m1/s1. The van der Waals surface area contributed by atoms with Crippen LogP contribution in [0.4, 0.5) is 0 Å². The summed E-state index contributed by atoms with van der Waals surface area (Å²) in [5.41, 5.74) is 0.781. The van der Waals surface area contributed by atoms with Crippen molar-refractivity contribution in [1.29, 1.82) is 0 Å². The maximum absolute atomic E-state index is 13.8. The van der Waals surface area contributed by atoms with Gasteiger partial charge in [-0.1, -0.05) is 96.0 Å². The molecular weight excluding hydrogens is 391 g/mol. The lowest BCUT2D eigenvalue weighted by Gasteiger charge is -2.38. The highest BCUT2D eigenvalue weighted by atomic mass is 35.5. The molecule has 0 unspecified atom stereocenters. The number of hydrogen-bond acceptors (Lipinski definition) is 2. The summed E-state index contributed by atoms with van der Waals surface area (Å²) in [6, 6.07) is 23.9. The average Bonchev–Trinajstić information content (AvgIpc) is 2.75. The summed E-state index contributed by atoms with van der Waals surface area (Å²) >= 11 is 12.4. The molecule has 0 saturated heterocycles. The molecule has 2 atom stereocenters. The fraction of sp³-hybridized carbons (Fsp3) is 0.125. The van der Waals surface area contributed by atoms with Gasteiger partial charge in [0.1, 0.15) is 0 Å². The highest BCUT2D eigenvalue weighted by Gasteiger charge is 2.47. The van der Waals surface area contributed by atoms with Gasteiger partial charge in [-0.15, -0.1) is 6.58 Å². The van der Waals surface area contributed by atoms with Crippen molar-refractivity contribution < 1.29 is 9.53 Å². The van der Waals surface area contributed by atoms with Crippen LogP contribution < -0.4 is 0 Å². The minimum Gasteiger partial charge on any atom is -0.364 e. The molecule has 0 aliphatic rings. The van der Waals surface area contributed by atoms with Crippen molar-refractivity contribution in [3.63, 3.8) is 0 Å². The van der Waals surface area contributed by atoms with Crippen LogP contribution in [0.25, 0.3) is 0 Å². The lowest BCUT2D eigenvalue weighted by atomic mass is 9.72. The normalized spacial score (nSPS) is 14.1. The average molecular weight is 411 g/mol. The molecule has 0 aliphatic carbocycles. The van der Waals surface area contributed by atoms with Crippen molar-refractivity contribution in [3.05, 3.63) is 118 Å². The molecule has 0 heterocycles. The third-order valence-electron chi connectivity index (χ3n) is 4.87. The lowest BCUT2D eigenvalue weighted by molar-refractivity contribution is -0.00993. The first kappa shape index (κ1) is 20.3. The summed E-state index contributed by atoms with van der Waals surface area (Å²) in [7, 11) is 1.54. The number of rotatable bonds is 7. The molecule has 3 rings (SSSR count). The second-order valence-corrected chi connectivity index (χ2v) is 7.20. The van der Waals surface area contributed by atoms with Crippen LogP contribution >= 0.6 is 23.2 Å². The number of ether oxygens (including phenoxy) is 1. The number of carbonyl (C=O) groups is 1. The Morgan fingerprint density at radius 2 is 1.57 bits per heavy atom. The molecule has 4 heteroatoms. The summed E-state index contributed by atoms with van der Waals surface area (Å²) in [5, 5.41) is 0.863. The Labute approximate surface area is 175 Å². The number of methoxy groups -OCH3 is 1. The lowest BCUT2D eigenvalue weighted by Crippen LogP contribution is -2.43. The van der Waals surface area contributed by atoms with Gasteiger partial charge in [0.25, 0.3) is 0 Å². The Morgan fingerprint density at radius 1 is 0.964 bits per heavy atom. The van der Waals surface area contributed by atoms with E-state index in [2.05, 4.69) is 6.58 Å². The summed E-state index contributed by atoms with van der Waals surface area (Å²) in [4.78, 5) is 13.8. The van der Waals surface area contributed by atoms with E-state index < -0.39 is 11.5 Å². The topological polar surface area (TPSA) is 26.3 Å². The zero-order valence-electron chi connectivity index (χ0n) is 15.4. The van der Waals surface area contributed by atoms with Crippen molar-refractivity contribution >= 4 is 29.0 Å². The van der Waals surface area contributed by atoms with E-state index >= 15 is 0 Å². The van der Waals surface area contributed by atoms with Crippen molar-refractivity contribution in [3.8, 4) is 0 Å². The molecule has 0 amide bonds. The summed E-state index contributed by atoms with van der Waals surface area (Å²) in [6.45, 7) is 4.00. The Bertz CT molecular complexity index is 970. The summed E-state index contributed by atoms with van der Waals surface area (Å²) in [6.07, 6.45) is 1.72. The molecule has 0 aliphatic heterocycles. The van der Waals surface area contributed by atoms with Crippen molar-refractivity contribution in [1.82, 2.24) is 0 Å². The molecule has 0 bridgehead atoms. The quantitative estimate of drug-likeness (QED) is 0.320. The molecule has 3 aromatic carbocycles. The molecule has 0 saturated carbocycles. The highest BCUT2D eigenvalue weighted by Crippen LogP contribution is 2.44. The molecule has 0 radical (unpaired) electrons. The van der Waals surface area contributed by atoms with Crippen LogP contribution in [-0.4, -0.2) is 12.9 Å². The van der Waals surface area contributed by atoms with E-state index in [1.165, 1.54) is 0 Å². The third-order valence-corrected chi connectivity index (χ3v) is 5.61. The second-order valence-electron chi connectivity index (χ2n) is 6.39. The highest BCUT2D eigenvalue weighted by molar-refractivity contribution is 6.42. The first-order valence-electron chi connectivity index (χ1n) is 8.82. The van der Waals surface area contributed by atoms with Gasteiger partial charge in [-0.05, 0) is 23.3 Å². The number of benzene rings is 3. The summed E-state index contributed by atoms with van der Waals surface area (Å²) in [5.74, 6) is -0.639. The van der Waals surface area contributed by atoms with Crippen LogP contribution in [0, 0.1) is 0 Å². The van der Waals surface area contributed by atoms with Gasteiger partial charge in [0.15, 0.2) is 11.4 Å². The maximum atomic E-state index is 13.8. The SMILES string of the molecule is C=C[C@H](c1ccc(Cl)c(Cl)c1)[C@@](OC)(C(=O)c1ccccc1)c1ccccc1. The Hall–Kier alpha value is -2.39. The van der Waals surface area contributed by atoms with Crippen LogP contribution in [0.1, 0.15) is 27.4 Å². The monoisotopic (exact) mass is 410 g/mol. The number of ketones is 1. The fourth-order valence-corrected chi connectivity index (χ4v) is 3.83. The van der Waals surface area contributed by atoms with E-state index in [1.807, 2.05) is 54.6 Å². The number of Topliss-reactive ketones (excluding diaryl/α,β-unsaturated/α-hetero) is 1. The van der Waals surface area contributed by atoms with Gasteiger partial charge in [-0.2, -0.15) is 0 Å². The molecule has 0 fully saturated rings. The molecular formula is C24H20Cl2O2. The zero-order valence-corrected chi connectivity index (χ0v) is 17.0. The van der Waals surface area contributed by atoms with E-state index in [0.717, 1.165) is 11.1 Å². The molecule has 0 spiro atoms. The van der Waals surface area contributed by atoms with Gasteiger partial charge in [0, 0.05) is 18.6 Å². The van der Waals surface area contributed by atoms with E-state index in [-0.39, 0.29) is 5.78 Å². The molecule has 28 heavy (non-hydrogen) atoms. The van der Waals surface area contributed by atoms with Gasteiger partial charge in [-0.25, -0.2) is 0 Å². The van der Waals surface area contributed by atoms with Gasteiger partial charge < -0.3 is 4.74 Å². The number of halogens is 2. The van der Waals surface area contributed by atoms with Crippen molar-refractivity contribution in [2.75, 3.05) is 7.11 Å². The largest absolute Gasteiger partial charge is 0.364 e. The van der Waals surface area contributed by atoms with Crippen molar-refractivity contribution in [2.45, 2.75) is 11.5 Å². The predicted molar refractivity (Wildman–Crippen MR) is 115 cm³/mol. The van der Waals surface area contributed by atoms with Gasteiger partial charge in [-0.3, -0.25) is 4.79 Å². The van der Waals surface area contributed by atoms with E-state index in [9.17, 15) is 4.79 Å². The minimum atomic E-state index is -1.30.